The van der Waals surface area contributed by atoms with Gasteiger partial charge in [-0.3, -0.25) is 14.5 Å². The SMILES string of the molecule is COc1cc(Cl)c(C)cc1NC1CC(=O)N(C2CC2)C1=O. The average Bonchev–Trinajstić information content (AvgIpc) is 3.22. The van der Waals surface area contributed by atoms with Gasteiger partial charge in [0.05, 0.1) is 19.2 Å². The van der Waals surface area contributed by atoms with E-state index in [4.69, 9.17) is 16.3 Å². The maximum Gasteiger partial charge on any atom is 0.252 e. The summed E-state index contributed by atoms with van der Waals surface area (Å²) in [7, 11) is 1.55. The van der Waals surface area contributed by atoms with Crippen molar-refractivity contribution in [3.63, 3.8) is 0 Å². The minimum absolute atomic E-state index is 0.0929. The summed E-state index contributed by atoms with van der Waals surface area (Å²) in [6, 6.07) is 3.14. The van der Waals surface area contributed by atoms with Crippen LogP contribution in [0, 0.1) is 6.92 Å². The summed E-state index contributed by atoms with van der Waals surface area (Å²) in [5.41, 5.74) is 1.57. The van der Waals surface area contributed by atoms with E-state index < -0.39 is 6.04 Å². The van der Waals surface area contributed by atoms with Gasteiger partial charge in [-0.15, -0.1) is 0 Å². The van der Waals surface area contributed by atoms with Gasteiger partial charge in [-0.2, -0.15) is 0 Å². The van der Waals surface area contributed by atoms with Gasteiger partial charge >= 0.3 is 0 Å². The number of halogens is 1. The van der Waals surface area contributed by atoms with Gasteiger partial charge in [0.15, 0.2) is 0 Å². The van der Waals surface area contributed by atoms with E-state index in [-0.39, 0.29) is 24.3 Å². The van der Waals surface area contributed by atoms with Gasteiger partial charge in [0.1, 0.15) is 11.8 Å². The number of hydrogen-bond acceptors (Lipinski definition) is 4. The fraction of sp³-hybridized carbons (Fsp3) is 0.467. The Bertz CT molecular complexity index is 613. The predicted octanol–water partition coefficient (Wildman–Crippen LogP) is 2.36. The second kappa shape index (κ2) is 5.22. The zero-order valence-corrected chi connectivity index (χ0v) is 12.7. The Balaban J connectivity index is 1.82. The number of nitrogens with zero attached hydrogens (tertiary/aromatic N) is 1. The number of nitrogens with one attached hydrogen (secondary N) is 1. The molecule has 112 valence electrons. The Morgan fingerprint density at radius 3 is 2.67 bits per heavy atom. The van der Waals surface area contributed by atoms with Crippen LogP contribution in [0.4, 0.5) is 5.69 Å². The van der Waals surface area contributed by atoms with E-state index >= 15 is 0 Å². The molecule has 1 atom stereocenters. The first-order valence-electron chi connectivity index (χ1n) is 6.98. The molecule has 1 saturated carbocycles. The Kier molecular flexibility index (Phi) is 3.53. The molecule has 1 heterocycles. The van der Waals surface area contributed by atoms with Gasteiger partial charge in [0.25, 0.3) is 5.91 Å². The minimum atomic E-state index is -0.521. The first-order valence-corrected chi connectivity index (χ1v) is 7.35. The van der Waals surface area contributed by atoms with Gasteiger partial charge in [-0.1, -0.05) is 11.6 Å². The molecule has 1 N–H and O–H groups in total. The molecular formula is C15H17ClN2O3. The highest BCUT2D eigenvalue weighted by Crippen LogP contribution is 2.35. The highest BCUT2D eigenvalue weighted by Gasteiger charge is 2.46. The largest absolute Gasteiger partial charge is 0.495 e. The van der Waals surface area contributed by atoms with E-state index in [1.165, 1.54) is 4.90 Å². The van der Waals surface area contributed by atoms with Crippen LogP contribution in [0.5, 0.6) is 5.75 Å². The van der Waals surface area contributed by atoms with Crippen molar-refractivity contribution in [2.45, 2.75) is 38.3 Å². The second-order valence-corrected chi connectivity index (χ2v) is 5.94. The quantitative estimate of drug-likeness (QED) is 0.868. The molecule has 0 bridgehead atoms. The molecule has 2 fully saturated rings. The fourth-order valence-corrected chi connectivity index (χ4v) is 2.77. The second-order valence-electron chi connectivity index (χ2n) is 5.54. The number of anilines is 1. The number of likely N-dealkylation sites (tertiary alicyclic amines) is 1. The molecule has 1 unspecified atom stereocenters. The number of ether oxygens (including phenoxy) is 1. The predicted molar refractivity (Wildman–Crippen MR) is 79.6 cm³/mol. The van der Waals surface area contributed by atoms with Crippen LogP contribution in [0.2, 0.25) is 5.02 Å². The van der Waals surface area contributed by atoms with Crippen LogP contribution in [0.25, 0.3) is 0 Å². The summed E-state index contributed by atoms with van der Waals surface area (Å²) >= 11 is 6.07. The molecule has 21 heavy (non-hydrogen) atoms. The summed E-state index contributed by atoms with van der Waals surface area (Å²) in [5, 5.41) is 3.73. The van der Waals surface area contributed by atoms with Gasteiger partial charge in [-0.05, 0) is 31.4 Å². The number of aryl methyl sites for hydroxylation is 1. The van der Waals surface area contributed by atoms with Crippen molar-refractivity contribution in [1.82, 2.24) is 4.90 Å². The monoisotopic (exact) mass is 308 g/mol. The van der Waals surface area contributed by atoms with Crippen molar-refractivity contribution in [1.29, 1.82) is 0 Å². The molecule has 5 nitrogen and oxygen atoms in total. The first-order chi connectivity index (χ1) is 10.0. The number of amides is 2. The van der Waals surface area contributed by atoms with Gasteiger partial charge in [0.2, 0.25) is 5.91 Å². The van der Waals surface area contributed by atoms with Crippen molar-refractivity contribution in [3.05, 3.63) is 22.7 Å². The molecule has 1 aromatic carbocycles. The van der Waals surface area contributed by atoms with Crippen molar-refractivity contribution in [2.75, 3.05) is 12.4 Å². The summed E-state index contributed by atoms with van der Waals surface area (Å²) in [5.74, 6) is 0.331. The molecule has 3 rings (SSSR count). The van der Waals surface area contributed by atoms with Crippen molar-refractivity contribution in [3.8, 4) is 5.75 Å². The molecule has 2 amide bonds. The average molecular weight is 309 g/mol. The molecule has 0 radical (unpaired) electrons. The van der Waals surface area contributed by atoms with Crippen LogP contribution in [0.3, 0.4) is 0 Å². The number of rotatable bonds is 4. The molecule has 0 spiro atoms. The number of imide groups is 1. The third-order valence-corrected chi connectivity index (χ3v) is 4.31. The summed E-state index contributed by atoms with van der Waals surface area (Å²) in [4.78, 5) is 25.7. The lowest BCUT2D eigenvalue weighted by atomic mass is 10.1. The standard InChI is InChI=1S/C15H17ClN2O3/c1-8-5-11(13(21-2)6-10(8)16)17-12-7-14(19)18(15(12)20)9-3-4-9/h5-6,9,12,17H,3-4,7H2,1-2H3. The van der Waals surface area contributed by atoms with Crippen LogP contribution < -0.4 is 10.1 Å². The maximum absolute atomic E-state index is 12.3. The number of hydrogen-bond donors (Lipinski definition) is 1. The molecule has 1 saturated heterocycles. The molecule has 0 aromatic heterocycles. The first kappa shape index (κ1) is 14.2. The van der Waals surface area contributed by atoms with Crippen LogP contribution in [-0.4, -0.2) is 35.9 Å². The highest BCUT2D eigenvalue weighted by atomic mass is 35.5. The molecule has 2 aliphatic rings. The molecular weight excluding hydrogens is 292 g/mol. The third kappa shape index (κ3) is 2.58. The van der Waals surface area contributed by atoms with E-state index in [0.717, 1.165) is 18.4 Å². The Hall–Kier alpha value is -1.75. The Morgan fingerprint density at radius 1 is 1.33 bits per heavy atom. The van der Waals surface area contributed by atoms with E-state index in [1.54, 1.807) is 13.2 Å². The highest BCUT2D eigenvalue weighted by molar-refractivity contribution is 6.31. The lowest BCUT2D eigenvalue weighted by Gasteiger charge is -2.17. The number of benzene rings is 1. The zero-order valence-electron chi connectivity index (χ0n) is 12.0. The van der Waals surface area contributed by atoms with Gasteiger partial charge < -0.3 is 10.1 Å². The smallest absolute Gasteiger partial charge is 0.252 e. The summed E-state index contributed by atoms with van der Waals surface area (Å²) in [6.45, 7) is 1.88. The van der Waals surface area contributed by atoms with Gasteiger partial charge in [-0.25, -0.2) is 0 Å². The molecule has 1 aliphatic heterocycles. The van der Waals surface area contributed by atoms with E-state index in [2.05, 4.69) is 5.32 Å². The van der Waals surface area contributed by atoms with Crippen molar-refractivity contribution < 1.29 is 14.3 Å². The minimum Gasteiger partial charge on any atom is -0.495 e. The topological polar surface area (TPSA) is 58.6 Å². The van der Waals surface area contributed by atoms with Crippen molar-refractivity contribution >= 4 is 29.1 Å². The van der Waals surface area contributed by atoms with Crippen LogP contribution in [0.1, 0.15) is 24.8 Å². The molecule has 1 aromatic rings. The summed E-state index contributed by atoms with van der Waals surface area (Å²) < 4.78 is 5.28. The van der Waals surface area contributed by atoms with E-state index in [0.29, 0.717) is 16.5 Å². The van der Waals surface area contributed by atoms with Crippen LogP contribution in [0.15, 0.2) is 12.1 Å². The normalized spacial score (nSPS) is 21.9. The number of carbonyl (C=O) groups excluding carboxylic acids is 2. The Labute approximate surface area is 128 Å². The fourth-order valence-electron chi connectivity index (χ4n) is 2.61. The molecule has 6 heteroatoms. The number of carbonyl (C=O) groups is 2. The third-order valence-electron chi connectivity index (χ3n) is 3.91. The van der Waals surface area contributed by atoms with Gasteiger partial charge in [0, 0.05) is 17.1 Å². The molecule has 1 aliphatic carbocycles. The lowest BCUT2D eigenvalue weighted by molar-refractivity contribution is -0.139. The van der Waals surface area contributed by atoms with Crippen molar-refractivity contribution in [2.24, 2.45) is 0 Å². The summed E-state index contributed by atoms with van der Waals surface area (Å²) in [6.07, 6.45) is 2.04. The maximum atomic E-state index is 12.3. The lowest BCUT2D eigenvalue weighted by Crippen LogP contribution is -2.36. The number of methoxy groups -OCH3 is 1. The van der Waals surface area contributed by atoms with E-state index in [1.807, 2.05) is 13.0 Å². The zero-order chi connectivity index (χ0) is 15.1. The Morgan fingerprint density at radius 2 is 2.05 bits per heavy atom. The van der Waals surface area contributed by atoms with Crippen LogP contribution in [-0.2, 0) is 9.59 Å². The van der Waals surface area contributed by atoms with E-state index in [9.17, 15) is 9.59 Å². The van der Waals surface area contributed by atoms with Crippen LogP contribution >= 0.6 is 11.6 Å².